The molecule has 0 aromatic heterocycles. The third kappa shape index (κ3) is 3.60. The van der Waals surface area contributed by atoms with E-state index in [1.54, 1.807) is 0 Å². The Balaban J connectivity index is 2.19. The lowest BCUT2D eigenvalue weighted by Gasteiger charge is -2.20. The highest BCUT2D eigenvalue weighted by atomic mass is 19.1. The summed E-state index contributed by atoms with van der Waals surface area (Å²) >= 11 is 0. The van der Waals surface area contributed by atoms with Crippen molar-refractivity contribution in [3.05, 3.63) is 65.0 Å². The maximum absolute atomic E-state index is 13.8. The van der Waals surface area contributed by atoms with Gasteiger partial charge < -0.3 is 10.0 Å². The van der Waals surface area contributed by atoms with Crippen molar-refractivity contribution < 1.29 is 14.3 Å². The molecule has 110 valence electrons. The maximum Gasteiger partial charge on any atom is 0.335 e. The largest absolute Gasteiger partial charge is 0.478 e. The van der Waals surface area contributed by atoms with Gasteiger partial charge in [-0.15, -0.1) is 0 Å². The van der Waals surface area contributed by atoms with E-state index in [2.05, 4.69) is 6.92 Å². The van der Waals surface area contributed by atoms with Crippen LogP contribution in [0.1, 0.15) is 28.4 Å². The van der Waals surface area contributed by atoms with Crippen molar-refractivity contribution in [1.29, 1.82) is 0 Å². The van der Waals surface area contributed by atoms with Crippen molar-refractivity contribution in [3.8, 4) is 0 Å². The van der Waals surface area contributed by atoms with Crippen LogP contribution in [0.4, 0.5) is 10.1 Å². The molecule has 0 aliphatic rings. The summed E-state index contributed by atoms with van der Waals surface area (Å²) in [7, 11) is 1.85. The first-order valence-electron chi connectivity index (χ1n) is 6.83. The highest BCUT2D eigenvalue weighted by Gasteiger charge is 2.11. The fraction of sp³-hybridized carbons (Fsp3) is 0.235. The van der Waals surface area contributed by atoms with Crippen molar-refractivity contribution in [3.63, 3.8) is 0 Å². The number of anilines is 1. The number of carboxylic acid groups (broad SMARTS) is 1. The van der Waals surface area contributed by atoms with Gasteiger partial charge in [-0.05, 0) is 42.3 Å². The summed E-state index contributed by atoms with van der Waals surface area (Å²) in [6, 6.07) is 11.9. The van der Waals surface area contributed by atoms with Crippen LogP contribution in [0.25, 0.3) is 0 Å². The lowest BCUT2D eigenvalue weighted by atomic mass is 10.1. The van der Waals surface area contributed by atoms with Crippen molar-refractivity contribution in [2.24, 2.45) is 0 Å². The van der Waals surface area contributed by atoms with Gasteiger partial charge in [0.2, 0.25) is 0 Å². The van der Waals surface area contributed by atoms with Crippen LogP contribution in [0.5, 0.6) is 0 Å². The lowest BCUT2D eigenvalue weighted by Crippen LogP contribution is -2.17. The lowest BCUT2D eigenvalue weighted by molar-refractivity contribution is 0.0696. The van der Waals surface area contributed by atoms with Gasteiger partial charge in [-0.3, -0.25) is 0 Å². The molecule has 0 heterocycles. The molecule has 0 radical (unpaired) electrons. The number of hydrogen-bond donors (Lipinski definition) is 1. The molecule has 0 aliphatic heterocycles. The Labute approximate surface area is 123 Å². The molecule has 2 aromatic carbocycles. The number of hydrogen-bond acceptors (Lipinski definition) is 2. The summed E-state index contributed by atoms with van der Waals surface area (Å²) < 4.78 is 13.8. The van der Waals surface area contributed by atoms with Crippen molar-refractivity contribution in [1.82, 2.24) is 0 Å². The summed E-state index contributed by atoms with van der Waals surface area (Å²) in [6.45, 7) is 2.41. The van der Waals surface area contributed by atoms with E-state index in [9.17, 15) is 9.18 Å². The van der Waals surface area contributed by atoms with E-state index in [1.165, 1.54) is 23.8 Å². The molecule has 4 heteroatoms. The number of rotatable bonds is 5. The van der Waals surface area contributed by atoms with Crippen LogP contribution in [-0.4, -0.2) is 18.1 Å². The zero-order valence-corrected chi connectivity index (χ0v) is 12.1. The number of aromatic carboxylic acids is 1. The van der Waals surface area contributed by atoms with Gasteiger partial charge in [0, 0.05) is 24.8 Å². The van der Waals surface area contributed by atoms with Gasteiger partial charge in [-0.2, -0.15) is 0 Å². The predicted molar refractivity (Wildman–Crippen MR) is 81.3 cm³/mol. The van der Waals surface area contributed by atoms with Crippen LogP contribution < -0.4 is 4.90 Å². The fourth-order valence-electron chi connectivity index (χ4n) is 2.16. The van der Waals surface area contributed by atoms with E-state index in [0.29, 0.717) is 12.1 Å². The Morgan fingerprint density at radius 3 is 2.43 bits per heavy atom. The van der Waals surface area contributed by atoms with E-state index in [0.717, 1.165) is 12.1 Å². The molecule has 1 N–H and O–H groups in total. The van der Waals surface area contributed by atoms with Crippen molar-refractivity contribution in [2.45, 2.75) is 19.9 Å². The molecule has 0 spiro atoms. The number of carbonyl (C=O) groups is 1. The van der Waals surface area contributed by atoms with E-state index in [4.69, 9.17) is 5.11 Å². The van der Waals surface area contributed by atoms with Gasteiger partial charge in [-0.1, -0.05) is 19.1 Å². The summed E-state index contributed by atoms with van der Waals surface area (Å²) in [5.41, 5.74) is 2.68. The minimum absolute atomic E-state index is 0.0983. The standard InChI is InChI=1S/C17H18FNO2/c1-3-12-4-7-15(8-5-12)19(2)11-14-10-13(17(20)21)6-9-16(14)18/h4-10H,3,11H2,1-2H3,(H,20,21). The van der Waals surface area contributed by atoms with E-state index < -0.39 is 11.8 Å². The summed E-state index contributed by atoms with van der Waals surface area (Å²) in [5, 5.41) is 8.97. The molecular weight excluding hydrogens is 269 g/mol. The van der Waals surface area contributed by atoms with Crippen LogP contribution in [0.3, 0.4) is 0 Å². The van der Waals surface area contributed by atoms with E-state index in [-0.39, 0.29) is 5.56 Å². The van der Waals surface area contributed by atoms with Crippen LogP contribution >= 0.6 is 0 Å². The first-order valence-corrected chi connectivity index (χ1v) is 6.83. The first-order chi connectivity index (χ1) is 10.0. The van der Waals surface area contributed by atoms with Crippen LogP contribution in [-0.2, 0) is 13.0 Å². The molecule has 2 aromatic rings. The van der Waals surface area contributed by atoms with Gasteiger partial charge in [0.15, 0.2) is 0 Å². The SMILES string of the molecule is CCc1ccc(N(C)Cc2cc(C(=O)O)ccc2F)cc1. The Morgan fingerprint density at radius 2 is 1.86 bits per heavy atom. The highest BCUT2D eigenvalue weighted by Crippen LogP contribution is 2.19. The molecule has 0 unspecified atom stereocenters. The first kappa shape index (κ1) is 15.0. The topological polar surface area (TPSA) is 40.5 Å². The fourth-order valence-corrected chi connectivity index (χ4v) is 2.16. The molecule has 0 atom stereocenters. The monoisotopic (exact) mass is 287 g/mol. The number of nitrogens with zero attached hydrogens (tertiary/aromatic N) is 1. The second-order valence-electron chi connectivity index (χ2n) is 4.99. The Bertz CT molecular complexity index is 638. The van der Waals surface area contributed by atoms with Crippen molar-refractivity contribution in [2.75, 3.05) is 11.9 Å². The normalized spacial score (nSPS) is 10.4. The Morgan fingerprint density at radius 1 is 1.19 bits per heavy atom. The average Bonchev–Trinajstić information content (AvgIpc) is 2.49. The molecule has 0 fully saturated rings. The summed E-state index contributed by atoms with van der Waals surface area (Å²) in [4.78, 5) is 12.8. The number of halogens is 1. The van der Waals surface area contributed by atoms with Crippen LogP contribution in [0, 0.1) is 5.82 Å². The Kier molecular flexibility index (Phi) is 4.58. The van der Waals surface area contributed by atoms with Crippen LogP contribution in [0.15, 0.2) is 42.5 Å². The van der Waals surface area contributed by atoms with Crippen LogP contribution in [0.2, 0.25) is 0 Å². The van der Waals surface area contributed by atoms with Gasteiger partial charge in [0.1, 0.15) is 5.82 Å². The zero-order chi connectivity index (χ0) is 15.4. The minimum atomic E-state index is -1.05. The Hall–Kier alpha value is -2.36. The molecule has 0 saturated carbocycles. The number of carboxylic acids is 1. The second kappa shape index (κ2) is 6.39. The minimum Gasteiger partial charge on any atom is -0.478 e. The number of benzene rings is 2. The summed E-state index contributed by atoms with van der Waals surface area (Å²) in [5.74, 6) is -1.44. The molecule has 2 rings (SSSR count). The predicted octanol–water partition coefficient (Wildman–Crippen LogP) is 3.72. The summed E-state index contributed by atoms with van der Waals surface area (Å²) in [6.07, 6.45) is 0.972. The quantitative estimate of drug-likeness (QED) is 0.911. The number of aryl methyl sites for hydroxylation is 1. The smallest absolute Gasteiger partial charge is 0.335 e. The highest BCUT2D eigenvalue weighted by molar-refractivity contribution is 5.87. The molecule has 21 heavy (non-hydrogen) atoms. The average molecular weight is 287 g/mol. The van der Waals surface area contributed by atoms with E-state index >= 15 is 0 Å². The molecule has 0 bridgehead atoms. The third-order valence-corrected chi connectivity index (χ3v) is 3.49. The molecule has 0 saturated heterocycles. The molecule has 0 amide bonds. The third-order valence-electron chi connectivity index (χ3n) is 3.49. The molecule has 0 aliphatic carbocycles. The molecular formula is C17H18FNO2. The van der Waals surface area contributed by atoms with Gasteiger partial charge in [0.25, 0.3) is 0 Å². The molecule has 3 nitrogen and oxygen atoms in total. The van der Waals surface area contributed by atoms with Gasteiger partial charge >= 0.3 is 5.97 Å². The maximum atomic E-state index is 13.8. The van der Waals surface area contributed by atoms with Crippen molar-refractivity contribution >= 4 is 11.7 Å². The van der Waals surface area contributed by atoms with Gasteiger partial charge in [-0.25, -0.2) is 9.18 Å². The second-order valence-corrected chi connectivity index (χ2v) is 4.99. The zero-order valence-electron chi connectivity index (χ0n) is 12.1. The van der Waals surface area contributed by atoms with Gasteiger partial charge in [0.05, 0.1) is 5.56 Å². The van der Waals surface area contributed by atoms with E-state index in [1.807, 2.05) is 36.2 Å².